The van der Waals surface area contributed by atoms with Crippen molar-refractivity contribution in [3.8, 4) is 0 Å². The van der Waals surface area contributed by atoms with Gasteiger partial charge in [0.25, 0.3) is 10.0 Å². The molecule has 134 valence electrons. The number of hydrogen-bond acceptors (Lipinski definition) is 2. The summed E-state index contributed by atoms with van der Waals surface area (Å²) in [7, 11) is -7.05. The fourth-order valence-electron chi connectivity index (χ4n) is 0.747. The van der Waals surface area contributed by atoms with Crippen molar-refractivity contribution >= 4 is 10.0 Å². The third-order valence-electron chi connectivity index (χ3n) is 1.97. The van der Waals surface area contributed by atoms with Crippen molar-refractivity contribution in [3.05, 3.63) is 0 Å². The van der Waals surface area contributed by atoms with Crippen LogP contribution in [0.15, 0.2) is 0 Å². The van der Waals surface area contributed by atoms with Gasteiger partial charge in [0.05, 0.1) is 6.54 Å². The highest BCUT2D eigenvalue weighted by Gasteiger charge is 2.74. The van der Waals surface area contributed by atoms with E-state index in [4.69, 9.17) is 0 Å². The van der Waals surface area contributed by atoms with Crippen molar-refractivity contribution < 1.29 is 61.1 Å². The van der Waals surface area contributed by atoms with Crippen LogP contribution in [0.5, 0.6) is 0 Å². The lowest BCUT2D eigenvalue weighted by Gasteiger charge is -2.29. The number of sulfonamides is 1. The molecule has 0 saturated carbocycles. The molecule has 0 rings (SSSR count). The maximum absolute atomic E-state index is 12.6. The fraction of sp³-hybridized carbons (Fsp3) is 1.00. The summed E-state index contributed by atoms with van der Waals surface area (Å²) < 4.78 is 165. The molecule has 22 heavy (non-hydrogen) atoms. The Morgan fingerprint density at radius 1 is 0.682 bits per heavy atom. The molecular formula is C6H3F12NO2S. The number of hydrogen-bond donors (Lipinski definition) is 1. The van der Waals surface area contributed by atoms with Gasteiger partial charge in [-0.15, -0.1) is 0 Å². The molecule has 0 saturated heterocycles. The first-order valence-corrected chi connectivity index (χ1v) is 5.95. The van der Waals surface area contributed by atoms with E-state index in [1.165, 1.54) is 0 Å². The van der Waals surface area contributed by atoms with Crippen LogP contribution in [-0.4, -0.2) is 44.4 Å². The maximum atomic E-state index is 12.6. The van der Waals surface area contributed by atoms with E-state index < -0.39 is 46.0 Å². The Morgan fingerprint density at radius 3 is 1.32 bits per heavy atom. The van der Waals surface area contributed by atoms with E-state index in [0.29, 0.717) is 0 Å². The first-order chi connectivity index (χ1) is 9.21. The zero-order chi connectivity index (χ0) is 18.4. The van der Waals surface area contributed by atoms with Crippen LogP contribution in [0.25, 0.3) is 0 Å². The van der Waals surface area contributed by atoms with Crippen molar-refractivity contribution in [2.45, 2.75) is 29.5 Å². The molecule has 0 atom stereocenters. The number of alkyl halides is 12. The predicted octanol–water partition coefficient (Wildman–Crippen LogP) is 2.89. The zero-order valence-corrected chi connectivity index (χ0v) is 10.3. The van der Waals surface area contributed by atoms with Gasteiger partial charge in [-0.25, -0.2) is 13.1 Å². The van der Waals surface area contributed by atoms with Crippen LogP contribution in [0.2, 0.25) is 0 Å². The van der Waals surface area contributed by atoms with Gasteiger partial charge in [0, 0.05) is 0 Å². The van der Waals surface area contributed by atoms with Gasteiger partial charge in [-0.3, -0.25) is 0 Å². The highest BCUT2D eigenvalue weighted by molar-refractivity contribution is 7.90. The minimum Gasteiger partial charge on any atom is -0.206 e. The van der Waals surface area contributed by atoms with Gasteiger partial charge in [0.1, 0.15) is 0 Å². The number of nitrogens with one attached hydrogen (secondary N) is 1. The molecule has 0 bridgehead atoms. The second kappa shape index (κ2) is 5.31. The Balaban J connectivity index is 5.41. The molecule has 0 aromatic carbocycles. The zero-order valence-electron chi connectivity index (χ0n) is 9.47. The lowest BCUT2D eigenvalue weighted by molar-refractivity contribution is -0.352. The van der Waals surface area contributed by atoms with Gasteiger partial charge in [-0.2, -0.15) is 52.7 Å². The summed E-state index contributed by atoms with van der Waals surface area (Å²) in [5.74, 6) is -13.2. The molecule has 0 heterocycles. The molecule has 0 aliphatic rings. The number of halogens is 12. The molecule has 0 aliphatic carbocycles. The minimum atomic E-state index is -7.05. The second-order valence-electron chi connectivity index (χ2n) is 3.62. The molecule has 3 nitrogen and oxygen atoms in total. The maximum Gasteiger partial charge on any atom is 0.470 e. The molecule has 0 fully saturated rings. The highest BCUT2D eigenvalue weighted by Crippen LogP contribution is 2.46. The summed E-state index contributed by atoms with van der Waals surface area (Å²) >= 11 is 0. The van der Waals surface area contributed by atoms with Gasteiger partial charge in [-0.05, 0) is 0 Å². The van der Waals surface area contributed by atoms with E-state index in [2.05, 4.69) is 0 Å². The molecule has 1 N–H and O–H groups in total. The normalized spacial score (nSPS) is 16.0. The van der Waals surface area contributed by atoms with E-state index in [9.17, 15) is 61.1 Å². The average molecular weight is 381 g/mol. The molecule has 0 radical (unpaired) electrons. The molecule has 0 unspecified atom stereocenters. The van der Waals surface area contributed by atoms with Gasteiger partial charge in [0.15, 0.2) is 0 Å². The number of rotatable bonds is 5. The van der Waals surface area contributed by atoms with Gasteiger partial charge >= 0.3 is 29.5 Å². The third kappa shape index (κ3) is 3.52. The fourth-order valence-corrected chi connectivity index (χ4v) is 1.60. The molecule has 0 aromatic heterocycles. The Morgan fingerprint density at radius 2 is 1.05 bits per heavy atom. The molecule has 0 aromatic rings. The van der Waals surface area contributed by atoms with Crippen LogP contribution >= 0.6 is 0 Å². The van der Waals surface area contributed by atoms with Crippen molar-refractivity contribution in [2.75, 3.05) is 6.54 Å². The quantitative estimate of drug-likeness (QED) is 0.745. The minimum absolute atomic E-state index is 0.303. The van der Waals surface area contributed by atoms with Crippen LogP contribution in [-0.2, 0) is 10.0 Å². The Hall–Kier alpha value is -0.930. The smallest absolute Gasteiger partial charge is 0.206 e. The SMILES string of the molecule is O=S(=O)(NCC(F)(F)C(F)(F)C(F)(F)F)C(F)(F)C(F)(F)F. The Labute approximate surface area is 113 Å². The summed E-state index contributed by atoms with van der Waals surface area (Å²) in [4.78, 5) is 0. The first-order valence-electron chi connectivity index (χ1n) is 4.47. The molecule has 0 aliphatic heterocycles. The summed E-state index contributed by atoms with van der Waals surface area (Å²) in [5.41, 5.74) is 0. The lowest BCUT2D eigenvalue weighted by atomic mass is 10.1. The first kappa shape index (κ1) is 21.1. The van der Waals surface area contributed by atoms with E-state index in [1.54, 1.807) is 0 Å². The molecule has 16 heteroatoms. The summed E-state index contributed by atoms with van der Waals surface area (Å²) in [5, 5.41) is -6.69. The largest absolute Gasteiger partial charge is 0.470 e. The molecular weight excluding hydrogens is 378 g/mol. The lowest BCUT2D eigenvalue weighted by Crippen LogP contribution is -2.59. The monoisotopic (exact) mass is 381 g/mol. The summed E-state index contributed by atoms with van der Waals surface area (Å²) in [6.45, 7) is -3.34. The van der Waals surface area contributed by atoms with E-state index in [0.717, 1.165) is 0 Å². The standard InChI is InChI=1S/C6H3F12NO2S/c7-2(8,3(9,10)4(11,12)13)1-19-22(20,21)6(17,18)5(14,15)16/h19H,1H2. The van der Waals surface area contributed by atoms with Crippen LogP contribution < -0.4 is 4.72 Å². The van der Waals surface area contributed by atoms with Crippen LogP contribution in [0, 0.1) is 0 Å². The topological polar surface area (TPSA) is 46.2 Å². The van der Waals surface area contributed by atoms with Crippen molar-refractivity contribution in [2.24, 2.45) is 0 Å². The van der Waals surface area contributed by atoms with Gasteiger partial charge in [0.2, 0.25) is 0 Å². The van der Waals surface area contributed by atoms with Crippen molar-refractivity contribution in [3.63, 3.8) is 0 Å². The van der Waals surface area contributed by atoms with E-state index in [1.807, 2.05) is 0 Å². The Kier molecular flexibility index (Phi) is 5.09. The van der Waals surface area contributed by atoms with Gasteiger partial charge in [-0.1, -0.05) is 0 Å². The highest BCUT2D eigenvalue weighted by atomic mass is 32.2. The van der Waals surface area contributed by atoms with Crippen LogP contribution in [0.4, 0.5) is 52.7 Å². The molecule has 0 amide bonds. The Bertz CT molecular complexity index is 503. The van der Waals surface area contributed by atoms with Gasteiger partial charge < -0.3 is 0 Å². The second-order valence-corrected chi connectivity index (χ2v) is 5.42. The van der Waals surface area contributed by atoms with Crippen LogP contribution in [0.1, 0.15) is 0 Å². The predicted molar refractivity (Wildman–Crippen MR) is 43.9 cm³/mol. The van der Waals surface area contributed by atoms with E-state index >= 15 is 0 Å². The molecule has 0 spiro atoms. The van der Waals surface area contributed by atoms with Crippen molar-refractivity contribution in [1.82, 2.24) is 4.72 Å². The average Bonchev–Trinajstić information content (AvgIpc) is 2.23. The van der Waals surface area contributed by atoms with Crippen LogP contribution in [0.3, 0.4) is 0 Å². The van der Waals surface area contributed by atoms with E-state index in [-0.39, 0.29) is 4.72 Å². The summed E-state index contributed by atoms with van der Waals surface area (Å²) in [6.07, 6.45) is -13.7. The third-order valence-corrected chi connectivity index (χ3v) is 3.40. The summed E-state index contributed by atoms with van der Waals surface area (Å²) in [6, 6.07) is 0. The van der Waals surface area contributed by atoms with Crippen molar-refractivity contribution in [1.29, 1.82) is 0 Å².